The Balaban J connectivity index is 1.54. The molecule has 2 bridgehead atoms. The molecular weight excluding hydrogens is 399 g/mol. The topological polar surface area (TPSA) is 80.3 Å². The number of nitrogens with one attached hydrogen (secondary N) is 2. The second-order valence-corrected chi connectivity index (χ2v) is 9.41. The summed E-state index contributed by atoms with van der Waals surface area (Å²) in [5.41, 5.74) is -1.84. The van der Waals surface area contributed by atoms with Gasteiger partial charge >= 0.3 is 12.3 Å². The second-order valence-electron chi connectivity index (χ2n) is 9.41. The SMILES string of the molecule is CC(C)(C)OC(=O)NC12CCC(C(=O)NCc3ccc(C(F)(F)F)cn3)(CC1)CC2. The summed E-state index contributed by atoms with van der Waals surface area (Å²) in [6.45, 7) is 5.52. The number of amides is 2. The number of hydrogen-bond donors (Lipinski definition) is 2. The molecule has 3 aliphatic carbocycles. The third kappa shape index (κ3) is 5.05. The first-order valence-electron chi connectivity index (χ1n) is 10.1. The first-order chi connectivity index (χ1) is 13.8. The number of pyridine rings is 1. The summed E-state index contributed by atoms with van der Waals surface area (Å²) in [6.07, 6.45) is -0.0711. The number of alkyl carbamates (subject to hydrolysis) is 1. The molecule has 2 N–H and O–H groups in total. The van der Waals surface area contributed by atoms with Crippen LogP contribution in [0.4, 0.5) is 18.0 Å². The molecule has 0 aromatic carbocycles. The van der Waals surface area contributed by atoms with Crippen molar-refractivity contribution in [2.75, 3.05) is 0 Å². The number of alkyl halides is 3. The molecule has 1 aromatic rings. The van der Waals surface area contributed by atoms with Crippen molar-refractivity contribution >= 4 is 12.0 Å². The standard InChI is InChI=1S/C21H28F3N3O3/c1-18(2,3)30-17(29)27-20-9-6-19(7-10-20,8-11-20)16(28)26-13-15-5-4-14(12-25-15)21(22,23)24/h4-5,12H,6-11,13H2,1-3H3,(H,26,28)(H,27,29). The van der Waals surface area contributed by atoms with E-state index in [4.69, 9.17) is 4.74 Å². The molecule has 4 rings (SSSR count). The number of carbonyl (C=O) groups is 2. The average Bonchev–Trinajstić information content (AvgIpc) is 2.65. The summed E-state index contributed by atoms with van der Waals surface area (Å²) < 4.78 is 43.2. The Morgan fingerprint density at radius 2 is 1.67 bits per heavy atom. The van der Waals surface area contributed by atoms with Gasteiger partial charge in [-0.1, -0.05) is 0 Å². The number of aromatic nitrogens is 1. The van der Waals surface area contributed by atoms with Crippen molar-refractivity contribution in [1.29, 1.82) is 0 Å². The summed E-state index contributed by atoms with van der Waals surface area (Å²) in [7, 11) is 0. The molecule has 2 amide bonds. The van der Waals surface area contributed by atoms with Crippen molar-refractivity contribution in [1.82, 2.24) is 15.6 Å². The number of hydrogen-bond acceptors (Lipinski definition) is 4. The van der Waals surface area contributed by atoms with Crippen LogP contribution in [0.15, 0.2) is 18.3 Å². The molecule has 3 fully saturated rings. The highest BCUT2D eigenvalue weighted by Crippen LogP contribution is 2.52. The van der Waals surface area contributed by atoms with Gasteiger partial charge in [-0.2, -0.15) is 13.2 Å². The molecule has 0 spiro atoms. The lowest BCUT2D eigenvalue weighted by Crippen LogP contribution is -2.60. The van der Waals surface area contributed by atoms with E-state index in [1.165, 1.54) is 6.07 Å². The Kier molecular flexibility index (Phi) is 5.77. The van der Waals surface area contributed by atoms with E-state index >= 15 is 0 Å². The summed E-state index contributed by atoms with van der Waals surface area (Å²) in [4.78, 5) is 28.8. The maximum absolute atomic E-state index is 12.9. The molecule has 30 heavy (non-hydrogen) atoms. The Labute approximate surface area is 174 Å². The maximum Gasteiger partial charge on any atom is 0.417 e. The smallest absolute Gasteiger partial charge is 0.417 e. The van der Waals surface area contributed by atoms with Gasteiger partial charge in [-0.05, 0) is 71.4 Å². The zero-order valence-corrected chi connectivity index (χ0v) is 17.5. The molecule has 0 saturated heterocycles. The van der Waals surface area contributed by atoms with Crippen molar-refractivity contribution in [3.05, 3.63) is 29.6 Å². The molecule has 6 nitrogen and oxygen atoms in total. The van der Waals surface area contributed by atoms with Gasteiger partial charge in [-0.25, -0.2) is 4.79 Å². The van der Waals surface area contributed by atoms with Crippen LogP contribution in [-0.2, 0) is 22.3 Å². The molecule has 3 aliphatic rings. The number of rotatable bonds is 4. The van der Waals surface area contributed by atoms with Crippen molar-refractivity contribution < 1.29 is 27.5 Å². The molecule has 1 aromatic heterocycles. The van der Waals surface area contributed by atoms with Crippen LogP contribution in [0.25, 0.3) is 0 Å². The van der Waals surface area contributed by atoms with Crippen molar-refractivity contribution in [2.45, 2.75) is 83.2 Å². The minimum atomic E-state index is -4.43. The van der Waals surface area contributed by atoms with E-state index in [1.807, 2.05) is 20.8 Å². The Morgan fingerprint density at radius 1 is 1.07 bits per heavy atom. The number of carbonyl (C=O) groups excluding carboxylic acids is 2. The van der Waals surface area contributed by atoms with Crippen molar-refractivity contribution in [3.8, 4) is 0 Å². The zero-order valence-electron chi connectivity index (χ0n) is 17.5. The van der Waals surface area contributed by atoms with Crippen LogP contribution >= 0.6 is 0 Å². The number of halogens is 3. The van der Waals surface area contributed by atoms with Crippen LogP contribution in [0, 0.1) is 5.41 Å². The first kappa shape index (κ1) is 22.4. The van der Waals surface area contributed by atoms with Crippen LogP contribution in [0.3, 0.4) is 0 Å². The molecule has 166 valence electrons. The summed E-state index contributed by atoms with van der Waals surface area (Å²) in [5.74, 6) is -0.102. The molecule has 3 saturated carbocycles. The van der Waals surface area contributed by atoms with Crippen molar-refractivity contribution in [3.63, 3.8) is 0 Å². The number of ether oxygens (including phenoxy) is 1. The van der Waals surface area contributed by atoms with Gasteiger partial charge in [-0.3, -0.25) is 9.78 Å². The quantitative estimate of drug-likeness (QED) is 0.749. The van der Waals surface area contributed by atoms with Gasteiger partial charge < -0.3 is 15.4 Å². The van der Waals surface area contributed by atoms with Crippen LogP contribution < -0.4 is 10.6 Å². The number of fused-ring (bicyclic) bond motifs is 3. The van der Waals surface area contributed by atoms with Gasteiger partial charge in [0.15, 0.2) is 0 Å². The Morgan fingerprint density at radius 3 is 2.13 bits per heavy atom. The predicted octanol–water partition coefficient (Wildman–Crippen LogP) is 4.33. The van der Waals surface area contributed by atoms with E-state index < -0.39 is 28.8 Å². The van der Waals surface area contributed by atoms with E-state index in [-0.39, 0.29) is 18.0 Å². The van der Waals surface area contributed by atoms with Crippen LogP contribution in [0.2, 0.25) is 0 Å². The third-order valence-electron chi connectivity index (χ3n) is 6.08. The molecule has 0 unspecified atom stereocenters. The Bertz CT molecular complexity index is 776. The highest BCUT2D eigenvalue weighted by atomic mass is 19.4. The lowest BCUT2D eigenvalue weighted by atomic mass is 9.57. The fourth-order valence-electron chi connectivity index (χ4n) is 4.29. The highest BCUT2D eigenvalue weighted by Gasteiger charge is 2.53. The number of nitrogens with zero attached hydrogens (tertiary/aromatic N) is 1. The molecular formula is C21H28F3N3O3. The highest BCUT2D eigenvalue weighted by molar-refractivity contribution is 5.83. The second kappa shape index (κ2) is 7.74. The minimum absolute atomic E-state index is 0.0834. The maximum atomic E-state index is 12.9. The van der Waals surface area contributed by atoms with Crippen LogP contribution in [0.5, 0.6) is 0 Å². The van der Waals surface area contributed by atoms with Gasteiger partial charge in [0.1, 0.15) is 5.60 Å². The van der Waals surface area contributed by atoms with Gasteiger partial charge in [0.25, 0.3) is 0 Å². The van der Waals surface area contributed by atoms with Gasteiger partial charge in [-0.15, -0.1) is 0 Å². The minimum Gasteiger partial charge on any atom is -0.444 e. The lowest BCUT2D eigenvalue weighted by molar-refractivity contribution is -0.139. The fraction of sp³-hybridized carbons (Fsp3) is 0.667. The monoisotopic (exact) mass is 427 g/mol. The largest absolute Gasteiger partial charge is 0.444 e. The Hall–Kier alpha value is -2.32. The van der Waals surface area contributed by atoms with Crippen molar-refractivity contribution in [2.24, 2.45) is 5.41 Å². The summed E-state index contributed by atoms with van der Waals surface area (Å²) in [5, 5.41) is 5.85. The fourth-order valence-corrected chi connectivity index (χ4v) is 4.29. The van der Waals surface area contributed by atoms with Gasteiger partial charge in [0, 0.05) is 17.2 Å². The van der Waals surface area contributed by atoms with Gasteiger partial charge in [0.05, 0.1) is 17.8 Å². The first-order valence-corrected chi connectivity index (χ1v) is 10.1. The molecule has 9 heteroatoms. The molecule has 0 aliphatic heterocycles. The van der Waals surface area contributed by atoms with Crippen LogP contribution in [-0.4, -0.2) is 28.1 Å². The summed E-state index contributed by atoms with van der Waals surface area (Å²) >= 11 is 0. The van der Waals surface area contributed by atoms with Crippen LogP contribution in [0.1, 0.15) is 70.6 Å². The zero-order chi connectivity index (χ0) is 22.2. The van der Waals surface area contributed by atoms with Gasteiger partial charge in [0.2, 0.25) is 5.91 Å². The third-order valence-corrected chi connectivity index (χ3v) is 6.08. The lowest BCUT2D eigenvalue weighted by Gasteiger charge is -2.52. The normalized spacial score (nSPS) is 26.2. The molecule has 1 heterocycles. The van der Waals surface area contributed by atoms with E-state index in [9.17, 15) is 22.8 Å². The predicted molar refractivity (Wildman–Crippen MR) is 103 cm³/mol. The van der Waals surface area contributed by atoms with E-state index in [1.54, 1.807) is 0 Å². The molecule has 0 radical (unpaired) electrons. The average molecular weight is 427 g/mol. The molecule has 0 atom stereocenters. The van der Waals surface area contributed by atoms with E-state index in [0.717, 1.165) is 12.3 Å². The van der Waals surface area contributed by atoms with E-state index in [0.29, 0.717) is 44.2 Å². The van der Waals surface area contributed by atoms with E-state index in [2.05, 4.69) is 15.6 Å². The summed E-state index contributed by atoms with van der Waals surface area (Å²) in [6, 6.07) is 2.24.